The third kappa shape index (κ3) is 32.0. The van der Waals surface area contributed by atoms with Crippen LogP contribution in [0.3, 0.4) is 0 Å². The maximum Gasteiger partial charge on any atom is 0.108 e. The van der Waals surface area contributed by atoms with Gasteiger partial charge in [0.25, 0.3) is 0 Å². The minimum Gasteiger partial charge on any atom is -0.598 e. The lowest BCUT2D eigenvalue weighted by Crippen LogP contribution is -2.40. The summed E-state index contributed by atoms with van der Waals surface area (Å²) in [6, 6.07) is 0. The van der Waals surface area contributed by atoms with Crippen molar-refractivity contribution in [3.63, 3.8) is 0 Å². The van der Waals surface area contributed by atoms with Crippen molar-refractivity contribution in [3.8, 4) is 0 Å². The van der Waals surface area contributed by atoms with Gasteiger partial charge in [-0.25, -0.2) is 10.0 Å². The Morgan fingerprint density at radius 3 is 0.676 bits per heavy atom. The Hall–Kier alpha value is -0.120. The second-order valence-corrected chi connectivity index (χ2v) is 12.2. The standard InChI is InChI=1S/C34H71NO2/c1-3-5-7-9-11-13-15-17-19-20-22-24-26-28-30-32-34-35(36,37)33-31-29-27-25-23-21-18-16-14-12-10-8-6-4-2/h36H,3-34H2,1-2H3. The summed E-state index contributed by atoms with van der Waals surface area (Å²) in [6.45, 7) is 5.34. The van der Waals surface area contributed by atoms with Crippen LogP contribution in [0.25, 0.3) is 0 Å². The molecular weight excluding hydrogens is 454 g/mol. The molecule has 3 heteroatoms. The normalized spacial score (nSPS) is 13.3. The molecule has 3 nitrogen and oxygen atoms in total. The van der Waals surface area contributed by atoms with Crippen LogP contribution in [0.4, 0.5) is 0 Å². The summed E-state index contributed by atoms with van der Waals surface area (Å²) in [7, 11) is 0. The SMILES string of the molecule is CCCCCCCCCCCCCCCCCC[N+]([O-])(O)CCCCCCCCCCCCCCCC. The molecule has 0 saturated heterocycles. The van der Waals surface area contributed by atoms with Crippen LogP contribution < -0.4 is 0 Å². The molecule has 0 amide bonds. The van der Waals surface area contributed by atoms with Gasteiger partial charge in [-0.3, -0.25) is 0 Å². The minimum atomic E-state index is -1.00. The molecular formula is C34H71NO2. The van der Waals surface area contributed by atoms with Crippen molar-refractivity contribution in [3.05, 3.63) is 5.21 Å². The van der Waals surface area contributed by atoms with E-state index < -0.39 is 4.81 Å². The molecule has 37 heavy (non-hydrogen) atoms. The van der Waals surface area contributed by atoms with Crippen molar-refractivity contribution >= 4 is 0 Å². The van der Waals surface area contributed by atoms with Crippen LogP contribution >= 0.6 is 0 Å². The average molecular weight is 526 g/mol. The van der Waals surface area contributed by atoms with Gasteiger partial charge in [-0.2, -0.15) is 0 Å². The monoisotopic (exact) mass is 526 g/mol. The Balaban J connectivity index is 3.27. The molecule has 0 spiro atoms. The zero-order valence-electron chi connectivity index (χ0n) is 25.9. The van der Waals surface area contributed by atoms with Crippen LogP contribution in [0, 0.1) is 5.21 Å². The van der Waals surface area contributed by atoms with E-state index in [0.29, 0.717) is 13.1 Å². The van der Waals surface area contributed by atoms with Gasteiger partial charge in [0.1, 0.15) is 13.1 Å². The molecule has 0 aromatic rings. The van der Waals surface area contributed by atoms with Crippen LogP contribution in [0.2, 0.25) is 0 Å². The van der Waals surface area contributed by atoms with Crippen LogP contribution in [-0.4, -0.2) is 23.1 Å². The molecule has 0 rings (SSSR count). The van der Waals surface area contributed by atoms with E-state index in [1.165, 1.54) is 167 Å². The Labute approximate surface area is 234 Å². The Bertz CT molecular complexity index is 413. The van der Waals surface area contributed by atoms with Crippen molar-refractivity contribution in [2.75, 3.05) is 13.1 Å². The number of quaternary nitrogens is 1. The largest absolute Gasteiger partial charge is 0.598 e. The van der Waals surface area contributed by atoms with Gasteiger partial charge < -0.3 is 5.21 Å². The topological polar surface area (TPSA) is 43.3 Å². The van der Waals surface area contributed by atoms with E-state index in [1.54, 1.807) is 0 Å². The van der Waals surface area contributed by atoms with Gasteiger partial charge in [-0.15, -0.1) is 0 Å². The predicted octanol–water partition coefficient (Wildman–Crippen LogP) is 12.4. The smallest absolute Gasteiger partial charge is 0.108 e. The highest BCUT2D eigenvalue weighted by Gasteiger charge is 2.12. The van der Waals surface area contributed by atoms with E-state index in [2.05, 4.69) is 13.8 Å². The van der Waals surface area contributed by atoms with E-state index in [9.17, 15) is 10.4 Å². The van der Waals surface area contributed by atoms with Crippen LogP contribution in [-0.2, 0) is 0 Å². The predicted molar refractivity (Wildman–Crippen MR) is 165 cm³/mol. The summed E-state index contributed by atoms with van der Waals surface area (Å²) in [4.78, 5) is -1.00. The van der Waals surface area contributed by atoms with Crippen molar-refractivity contribution in [1.82, 2.24) is 0 Å². The second kappa shape index (κ2) is 30.4. The molecule has 0 fully saturated rings. The van der Waals surface area contributed by atoms with E-state index in [-0.39, 0.29) is 0 Å². The third-order valence-electron chi connectivity index (χ3n) is 8.22. The van der Waals surface area contributed by atoms with E-state index in [1.807, 2.05) is 0 Å². The third-order valence-corrected chi connectivity index (χ3v) is 8.22. The molecule has 1 atom stereocenters. The van der Waals surface area contributed by atoms with Crippen LogP contribution in [0.1, 0.15) is 206 Å². The van der Waals surface area contributed by atoms with Gasteiger partial charge >= 0.3 is 0 Å². The van der Waals surface area contributed by atoms with Gasteiger partial charge in [0.05, 0.1) is 0 Å². The summed E-state index contributed by atoms with van der Waals surface area (Å²) in [5.74, 6) is 0. The van der Waals surface area contributed by atoms with E-state index >= 15 is 0 Å². The van der Waals surface area contributed by atoms with E-state index in [4.69, 9.17) is 0 Å². The molecule has 0 aromatic heterocycles. The van der Waals surface area contributed by atoms with Gasteiger partial charge in [-0.1, -0.05) is 181 Å². The molecule has 1 N–H and O–H groups in total. The lowest BCUT2D eigenvalue weighted by atomic mass is 10.0. The van der Waals surface area contributed by atoms with Crippen molar-refractivity contribution in [2.45, 2.75) is 206 Å². The number of unbranched alkanes of at least 4 members (excludes halogenated alkanes) is 28. The number of rotatable bonds is 32. The van der Waals surface area contributed by atoms with E-state index in [0.717, 1.165) is 25.7 Å². The highest BCUT2D eigenvalue weighted by atomic mass is 16.8. The molecule has 1 unspecified atom stereocenters. The lowest BCUT2D eigenvalue weighted by molar-refractivity contribution is -1.06. The number of nitrogens with zero attached hydrogens (tertiary/aromatic N) is 1. The lowest BCUT2D eigenvalue weighted by Gasteiger charge is -2.33. The Morgan fingerprint density at radius 1 is 0.324 bits per heavy atom. The number of hydrogen-bond acceptors (Lipinski definition) is 2. The molecule has 0 radical (unpaired) electrons. The second-order valence-electron chi connectivity index (χ2n) is 12.2. The zero-order chi connectivity index (χ0) is 27.1. The Kier molecular flexibility index (Phi) is 30.3. The first-order valence-electron chi connectivity index (χ1n) is 17.4. The first-order chi connectivity index (χ1) is 18.1. The summed E-state index contributed by atoms with van der Waals surface area (Å²) in [5.41, 5.74) is 0. The molecule has 0 aliphatic carbocycles. The number of hydrogen-bond donors (Lipinski definition) is 1. The van der Waals surface area contributed by atoms with Crippen LogP contribution in [0.15, 0.2) is 0 Å². The fourth-order valence-corrected chi connectivity index (χ4v) is 5.57. The molecule has 0 bridgehead atoms. The van der Waals surface area contributed by atoms with Crippen molar-refractivity contribution < 1.29 is 10.0 Å². The van der Waals surface area contributed by atoms with Gasteiger partial charge in [0.2, 0.25) is 0 Å². The zero-order valence-corrected chi connectivity index (χ0v) is 25.9. The summed E-state index contributed by atoms with van der Waals surface area (Å²) in [5, 5.41) is 22.4. The maximum atomic E-state index is 12.3. The molecule has 0 aliphatic rings. The summed E-state index contributed by atoms with van der Waals surface area (Å²) in [6.07, 6.45) is 39.8. The number of hydroxylamine groups is 4. The van der Waals surface area contributed by atoms with Gasteiger partial charge in [0.15, 0.2) is 0 Å². The summed E-state index contributed by atoms with van der Waals surface area (Å²) < 4.78 is 0. The molecule has 224 valence electrons. The van der Waals surface area contributed by atoms with Gasteiger partial charge in [0, 0.05) is 0 Å². The molecule has 0 aromatic carbocycles. The first kappa shape index (κ1) is 36.9. The summed E-state index contributed by atoms with van der Waals surface area (Å²) >= 11 is 0. The fourth-order valence-electron chi connectivity index (χ4n) is 5.57. The minimum absolute atomic E-state index is 0.386. The highest BCUT2D eigenvalue weighted by molar-refractivity contribution is 4.52. The molecule has 0 heterocycles. The molecule has 0 aliphatic heterocycles. The average Bonchev–Trinajstić information content (AvgIpc) is 2.88. The van der Waals surface area contributed by atoms with Crippen LogP contribution in [0.5, 0.6) is 0 Å². The molecule has 0 saturated carbocycles. The maximum absolute atomic E-state index is 12.3. The van der Waals surface area contributed by atoms with Gasteiger partial charge in [-0.05, 0) is 25.7 Å². The quantitative estimate of drug-likeness (QED) is 0.0539. The Morgan fingerprint density at radius 2 is 0.486 bits per heavy atom. The van der Waals surface area contributed by atoms with Crippen molar-refractivity contribution in [2.24, 2.45) is 0 Å². The fraction of sp³-hybridized carbons (Fsp3) is 1.00. The van der Waals surface area contributed by atoms with Crippen molar-refractivity contribution in [1.29, 1.82) is 0 Å². The highest BCUT2D eigenvalue weighted by Crippen LogP contribution is 2.16. The first-order valence-corrected chi connectivity index (χ1v) is 17.4.